The Kier molecular flexibility index (Phi) is 6.53. The van der Waals surface area contributed by atoms with Gasteiger partial charge < -0.3 is 14.8 Å². The number of rotatable bonds is 8. The topological polar surface area (TPSA) is 47.6 Å². The van der Waals surface area contributed by atoms with Crippen molar-refractivity contribution in [2.24, 2.45) is 0 Å². The molecule has 0 saturated heterocycles. The summed E-state index contributed by atoms with van der Waals surface area (Å²) < 4.78 is 11.6. The van der Waals surface area contributed by atoms with Crippen molar-refractivity contribution in [3.8, 4) is 11.5 Å². The van der Waals surface area contributed by atoms with Gasteiger partial charge >= 0.3 is 0 Å². The van der Waals surface area contributed by atoms with Crippen LogP contribution in [0.25, 0.3) is 10.8 Å². The second kappa shape index (κ2) is 9.27. The van der Waals surface area contributed by atoms with Gasteiger partial charge in [-0.2, -0.15) is 0 Å². The van der Waals surface area contributed by atoms with Crippen LogP contribution < -0.4 is 14.8 Å². The van der Waals surface area contributed by atoms with Gasteiger partial charge in [0, 0.05) is 0 Å². The van der Waals surface area contributed by atoms with Crippen molar-refractivity contribution in [1.82, 2.24) is 5.32 Å². The van der Waals surface area contributed by atoms with E-state index in [2.05, 4.69) is 25.2 Å². The summed E-state index contributed by atoms with van der Waals surface area (Å²) in [4.78, 5) is 12.5. The molecule has 0 aromatic heterocycles. The van der Waals surface area contributed by atoms with Crippen molar-refractivity contribution in [1.29, 1.82) is 0 Å². The van der Waals surface area contributed by atoms with Gasteiger partial charge in [0.05, 0.1) is 6.54 Å². The van der Waals surface area contributed by atoms with Crippen LogP contribution in [0.1, 0.15) is 24.5 Å². The van der Waals surface area contributed by atoms with E-state index in [0.29, 0.717) is 25.3 Å². The van der Waals surface area contributed by atoms with E-state index in [1.807, 2.05) is 61.5 Å². The zero-order valence-corrected chi connectivity index (χ0v) is 16.7. The highest BCUT2D eigenvalue weighted by Crippen LogP contribution is 2.22. The quantitative estimate of drug-likeness (QED) is 0.573. The van der Waals surface area contributed by atoms with Gasteiger partial charge in [0.25, 0.3) is 5.91 Å². The van der Waals surface area contributed by atoms with Crippen LogP contribution in [0.2, 0.25) is 0 Å². The van der Waals surface area contributed by atoms with Crippen molar-refractivity contribution in [3.63, 3.8) is 0 Å². The highest BCUT2D eigenvalue weighted by atomic mass is 16.5. The Balaban J connectivity index is 1.50. The van der Waals surface area contributed by atoms with E-state index in [1.54, 1.807) is 0 Å². The molecule has 3 rings (SSSR count). The number of carbonyl (C=O) groups is 1. The first-order valence-corrected chi connectivity index (χ1v) is 9.70. The summed E-state index contributed by atoms with van der Waals surface area (Å²) in [5, 5.41) is 5.14. The third kappa shape index (κ3) is 5.03. The molecule has 4 nitrogen and oxygen atoms in total. The molecule has 0 spiro atoms. The third-order valence-corrected chi connectivity index (χ3v) is 4.81. The van der Waals surface area contributed by atoms with Crippen LogP contribution in [-0.2, 0) is 4.79 Å². The maximum absolute atomic E-state index is 12.5. The zero-order chi connectivity index (χ0) is 19.9. The molecule has 3 aromatic rings. The molecule has 0 heterocycles. The van der Waals surface area contributed by atoms with Crippen LogP contribution in [-0.4, -0.2) is 25.2 Å². The second-order valence-corrected chi connectivity index (χ2v) is 6.91. The maximum Gasteiger partial charge on any atom is 0.261 e. The minimum Gasteiger partial charge on any atom is -0.492 e. The molecule has 28 heavy (non-hydrogen) atoms. The van der Waals surface area contributed by atoms with E-state index in [4.69, 9.17) is 9.47 Å². The first kappa shape index (κ1) is 19.7. The molecule has 4 heteroatoms. The van der Waals surface area contributed by atoms with Gasteiger partial charge in [-0.3, -0.25) is 4.79 Å². The molecule has 0 unspecified atom stereocenters. The van der Waals surface area contributed by atoms with Crippen LogP contribution in [0.5, 0.6) is 11.5 Å². The summed E-state index contributed by atoms with van der Waals surface area (Å²) >= 11 is 0. The monoisotopic (exact) mass is 377 g/mol. The lowest BCUT2D eigenvalue weighted by Gasteiger charge is -2.18. The number of carbonyl (C=O) groups excluding carboxylic acids is 1. The van der Waals surface area contributed by atoms with E-state index in [9.17, 15) is 4.79 Å². The summed E-state index contributed by atoms with van der Waals surface area (Å²) in [6.07, 6.45) is 0.0687. The Morgan fingerprint density at radius 1 is 0.929 bits per heavy atom. The van der Waals surface area contributed by atoms with E-state index < -0.39 is 6.10 Å². The molecule has 0 saturated carbocycles. The summed E-state index contributed by atoms with van der Waals surface area (Å²) in [6, 6.07) is 20.0. The summed E-state index contributed by atoms with van der Waals surface area (Å²) in [5.74, 6) is 1.39. The lowest BCUT2D eigenvalue weighted by Crippen LogP contribution is -2.39. The Hall–Kier alpha value is -3.01. The molecule has 0 aliphatic carbocycles. The fourth-order valence-electron chi connectivity index (χ4n) is 2.99. The van der Waals surface area contributed by atoms with Crippen molar-refractivity contribution in [2.45, 2.75) is 33.3 Å². The lowest BCUT2D eigenvalue weighted by molar-refractivity contribution is -0.128. The van der Waals surface area contributed by atoms with Gasteiger partial charge in [-0.15, -0.1) is 0 Å². The first-order valence-electron chi connectivity index (χ1n) is 9.70. The van der Waals surface area contributed by atoms with Crippen molar-refractivity contribution in [2.75, 3.05) is 13.2 Å². The highest BCUT2D eigenvalue weighted by Gasteiger charge is 2.18. The molecule has 1 amide bonds. The third-order valence-electron chi connectivity index (χ3n) is 4.81. The van der Waals surface area contributed by atoms with E-state index in [0.717, 1.165) is 16.5 Å². The Bertz CT molecular complexity index is 951. The van der Waals surface area contributed by atoms with Crippen molar-refractivity contribution in [3.05, 3.63) is 71.8 Å². The molecule has 0 aliphatic rings. The van der Waals surface area contributed by atoms with Crippen LogP contribution in [0.4, 0.5) is 0 Å². The van der Waals surface area contributed by atoms with Crippen LogP contribution in [0.15, 0.2) is 60.7 Å². The van der Waals surface area contributed by atoms with Crippen molar-refractivity contribution < 1.29 is 14.3 Å². The van der Waals surface area contributed by atoms with Crippen LogP contribution in [0.3, 0.4) is 0 Å². The summed E-state index contributed by atoms with van der Waals surface area (Å²) in [7, 11) is 0. The predicted octanol–water partition coefficient (Wildman–Crippen LogP) is 4.81. The highest BCUT2D eigenvalue weighted by molar-refractivity contribution is 5.84. The first-order chi connectivity index (χ1) is 13.6. The molecule has 0 radical (unpaired) electrons. The molecule has 0 bridgehead atoms. The maximum atomic E-state index is 12.5. The Morgan fingerprint density at radius 3 is 2.43 bits per heavy atom. The molecule has 1 N–H and O–H groups in total. The average Bonchev–Trinajstić information content (AvgIpc) is 2.71. The molecule has 0 fully saturated rings. The summed E-state index contributed by atoms with van der Waals surface area (Å²) in [5.41, 5.74) is 2.42. The molecule has 1 atom stereocenters. The van der Waals surface area contributed by atoms with E-state index >= 15 is 0 Å². The van der Waals surface area contributed by atoms with E-state index in [1.165, 1.54) is 11.1 Å². The lowest BCUT2D eigenvalue weighted by atomic mass is 10.1. The largest absolute Gasteiger partial charge is 0.492 e. The zero-order valence-electron chi connectivity index (χ0n) is 16.7. The van der Waals surface area contributed by atoms with E-state index in [-0.39, 0.29) is 5.91 Å². The fraction of sp³-hybridized carbons (Fsp3) is 0.292. The number of fused-ring (bicyclic) bond motifs is 1. The van der Waals surface area contributed by atoms with Crippen LogP contribution in [0, 0.1) is 13.8 Å². The molecule has 0 aliphatic heterocycles. The molecular formula is C24H27NO3. The predicted molar refractivity (Wildman–Crippen MR) is 113 cm³/mol. The fourth-order valence-corrected chi connectivity index (χ4v) is 2.99. The molecular weight excluding hydrogens is 350 g/mol. The van der Waals surface area contributed by atoms with Crippen molar-refractivity contribution >= 4 is 16.7 Å². The Labute approximate surface area is 166 Å². The number of hydrogen-bond acceptors (Lipinski definition) is 3. The van der Waals surface area contributed by atoms with Crippen LogP contribution >= 0.6 is 0 Å². The Morgan fingerprint density at radius 2 is 1.68 bits per heavy atom. The standard InChI is InChI=1S/C24H27NO3/c1-4-23(28-22-12-10-19-7-5-6-8-20(19)16-22)24(26)25-13-14-27-21-11-9-17(2)18(3)15-21/h5-12,15-16,23H,4,13-14H2,1-3H3,(H,25,26)/t23-/m0/s1. The molecule has 146 valence electrons. The van der Waals surface area contributed by atoms with Gasteiger partial charge in [0.2, 0.25) is 0 Å². The normalized spacial score (nSPS) is 11.8. The van der Waals surface area contributed by atoms with Gasteiger partial charge in [-0.25, -0.2) is 0 Å². The minimum atomic E-state index is -0.525. The number of hydrogen-bond donors (Lipinski definition) is 1. The average molecular weight is 377 g/mol. The smallest absolute Gasteiger partial charge is 0.261 e. The number of aryl methyl sites for hydroxylation is 2. The minimum absolute atomic E-state index is 0.126. The van der Waals surface area contributed by atoms with Gasteiger partial charge in [0.15, 0.2) is 6.10 Å². The van der Waals surface area contributed by atoms with Gasteiger partial charge in [-0.05, 0) is 66.4 Å². The number of amides is 1. The number of ether oxygens (including phenoxy) is 2. The number of benzene rings is 3. The number of nitrogens with one attached hydrogen (secondary N) is 1. The summed E-state index contributed by atoms with van der Waals surface area (Å²) in [6.45, 7) is 6.92. The SMILES string of the molecule is CC[C@H](Oc1ccc2ccccc2c1)C(=O)NCCOc1ccc(C)c(C)c1. The second-order valence-electron chi connectivity index (χ2n) is 6.91. The van der Waals surface area contributed by atoms with Gasteiger partial charge in [-0.1, -0.05) is 43.3 Å². The van der Waals surface area contributed by atoms with Gasteiger partial charge in [0.1, 0.15) is 18.1 Å². The molecule has 3 aromatic carbocycles.